The van der Waals surface area contributed by atoms with Gasteiger partial charge in [-0.3, -0.25) is 14.4 Å². The number of aliphatic hydroxyl groups is 2. The number of carbonyl (C=O) groups excluding carboxylic acids is 3. The van der Waals surface area contributed by atoms with Crippen LogP contribution in [0.4, 0.5) is 0 Å². The molecular formula is C24H35N5O7. The molecule has 0 spiro atoms. The van der Waals surface area contributed by atoms with Crippen LogP contribution in [0, 0.1) is 5.92 Å². The number of nitrogens with two attached hydrogens (primary N) is 1. The summed E-state index contributed by atoms with van der Waals surface area (Å²) in [6, 6.07) is 2.18. The number of aromatic nitrogens is 1. The molecule has 36 heavy (non-hydrogen) atoms. The Morgan fingerprint density at radius 3 is 1.86 bits per heavy atom. The SMILES string of the molecule is CC(C)C(NC(=O)C(NC(=O)C(NC(=O)C(N)Cc1c[nH]c2ccccc12)C(C)O)C(C)O)C(=O)O. The maximum Gasteiger partial charge on any atom is 0.326 e. The number of fused-ring (bicyclic) bond motifs is 1. The van der Waals surface area contributed by atoms with Crippen LogP contribution >= 0.6 is 0 Å². The highest BCUT2D eigenvalue weighted by Gasteiger charge is 2.35. The van der Waals surface area contributed by atoms with Crippen LogP contribution in [0.25, 0.3) is 10.9 Å². The molecule has 6 atom stereocenters. The van der Waals surface area contributed by atoms with Gasteiger partial charge in [-0.15, -0.1) is 0 Å². The molecule has 0 aliphatic heterocycles. The number of benzene rings is 1. The number of para-hydroxylation sites is 1. The number of hydrogen-bond donors (Lipinski definition) is 8. The fourth-order valence-corrected chi connectivity index (χ4v) is 3.70. The highest BCUT2D eigenvalue weighted by molar-refractivity contribution is 5.95. The van der Waals surface area contributed by atoms with Crippen molar-refractivity contribution in [3.05, 3.63) is 36.0 Å². The van der Waals surface area contributed by atoms with E-state index < -0.39 is 66.0 Å². The average molecular weight is 506 g/mol. The van der Waals surface area contributed by atoms with Crippen molar-refractivity contribution in [3.8, 4) is 0 Å². The van der Waals surface area contributed by atoms with E-state index in [1.807, 2.05) is 24.3 Å². The summed E-state index contributed by atoms with van der Waals surface area (Å²) in [6.45, 7) is 5.69. The van der Waals surface area contributed by atoms with E-state index in [-0.39, 0.29) is 6.42 Å². The fourth-order valence-electron chi connectivity index (χ4n) is 3.70. The minimum Gasteiger partial charge on any atom is -0.480 e. The van der Waals surface area contributed by atoms with E-state index in [0.717, 1.165) is 16.5 Å². The number of hydrogen-bond acceptors (Lipinski definition) is 7. The van der Waals surface area contributed by atoms with Crippen LogP contribution in [-0.4, -0.2) is 80.4 Å². The van der Waals surface area contributed by atoms with Crippen LogP contribution in [0.3, 0.4) is 0 Å². The normalized spacial score (nSPS) is 16.4. The van der Waals surface area contributed by atoms with Crippen molar-refractivity contribution in [2.75, 3.05) is 0 Å². The lowest BCUT2D eigenvalue weighted by atomic mass is 10.0. The van der Waals surface area contributed by atoms with E-state index in [2.05, 4.69) is 20.9 Å². The van der Waals surface area contributed by atoms with Gasteiger partial charge in [0.25, 0.3) is 0 Å². The van der Waals surface area contributed by atoms with Crippen LogP contribution in [0.5, 0.6) is 0 Å². The van der Waals surface area contributed by atoms with Gasteiger partial charge < -0.3 is 42.0 Å². The summed E-state index contributed by atoms with van der Waals surface area (Å²) in [5.41, 5.74) is 7.74. The minimum absolute atomic E-state index is 0.161. The molecular weight excluding hydrogens is 470 g/mol. The monoisotopic (exact) mass is 505 g/mol. The minimum atomic E-state index is -1.53. The molecule has 0 fully saturated rings. The third kappa shape index (κ3) is 7.26. The largest absolute Gasteiger partial charge is 0.480 e. The molecule has 2 rings (SSSR count). The molecule has 6 unspecified atom stereocenters. The first kappa shape index (κ1) is 28.8. The molecule has 9 N–H and O–H groups in total. The number of carboxylic acid groups (broad SMARTS) is 1. The Kier molecular flexibility index (Phi) is 9.96. The van der Waals surface area contributed by atoms with Crippen LogP contribution in [0.15, 0.2) is 30.5 Å². The molecule has 0 saturated heterocycles. The van der Waals surface area contributed by atoms with Crippen molar-refractivity contribution in [2.45, 2.75) is 70.5 Å². The Bertz CT molecular complexity index is 1080. The second kappa shape index (κ2) is 12.5. The van der Waals surface area contributed by atoms with Gasteiger partial charge in [0.1, 0.15) is 18.1 Å². The first-order chi connectivity index (χ1) is 16.8. The summed E-state index contributed by atoms with van der Waals surface area (Å²) in [4.78, 5) is 52.7. The number of aliphatic carboxylic acids is 1. The first-order valence-electron chi connectivity index (χ1n) is 11.6. The summed E-state index contributed by atoms with van der Waals surface area (Å²) in [7, 11) is 0. The van der Waals surface area contributed by atoms with Crippen molar-refractivity contribution >= 4 is 34.6 Å². The van der Waals surface area contributed by atoms with Gasteiger partial charge in [0, 0.05) is 17.1 Å². The maximum atomic E-state index is 12.9. The Morgan fingerprint density at radius 2 is 1.36 bits per heavy atom. The molecule has 198 valence electrons. The lowest BCUT2D eigenvalue weighted by Crippen LogP contribution is -2.62. The van der Waals surface area contributed by atoms with Gasteiger partial charge in [-0.2, -0.15) is 0 Å². The summed E-state index contributed by atoms with van der Waals surface area (Å²) in [5.74, 6) is -4.31. The summed E-state index contributed by atoms with van der Waals surface area (Å²) < 4.78 is 0. The molecule has 12 heteroatoms. The summed E-state index contributed by atoms with van der Waals surface area (Å²) >= 11 is 0. The van der Waals surface area contributed by atoms with E-state index in [0.29, 0.717) is 0 Å². The lowest BCUT2D eigenvalue weighted by Gasteiger charge is -2.28. The molecule has 12 nitrogen and oxygen atoms in total. The molecule has 0 bridgehead atoms. The first-order valence-corrected chi connectivity index (χ1v) is 11.6. The highest BCUT2D eigenvalue weighted by atomic mass is 16.4. The van der Waals surface area contributed by atoms with E-state index in [4.69, 9.17) is 5.73 Å². The fraction of sp³-hybridized carbons (Fsp3) is 0.500. The number of carboxylic acids is 1. The predicted octanol–water partition coefficient (Wildman–Crippen LogP) is -1.01. The smallest absolute Gasteiger partial charge is 0.326 e. The van der Waals surface area contributed by atoms with E-state index in [9.17, 15) is 34.5 Å². The van der Waals surface area contributed by atoms with Gasteiger partial charge >= 0.3 is 5.97 Å². The van der Waals surface area contributed by atoms with Crippen molar-refractivity contribution in [2.24, 2.45) is 11.7 Å². The number of carbonyl (C=O) groups is 4. The molecule has 0 aliphatic carbocycles. The maximum absolute atomic E-state index is 12.9. The number of amides is 3. The summed E-state index contributed by atoms with van der Waals surface area (Å²) in [5, 5.41) is 37.3. The molecule has 2 aromatic rings. The second-order valence-corrected chi connectivity index (χ2v) is 9.19. The second-order valence-electron chi connectivity index (χ2n) is 9.19. The predicted molar refractivity (Wildman–Crippen MR) is 132 cm³/mol. The van der Waals surface area contributed by atoms with Crippen LogP contribution in [-0.2, 0) is 25.6 Å². The highest BCUT2D eigenvalue weighted by Crippen LogP contribution is 2.18. The van der Waals surface area contributed by atoms with Crippen LogP contribution < -0.4 is 21.7 Å². The van der Waals surface area contributed by atoms with Gasteiger partial charge in [0.15, 0.2) is 0 Å². The zero-order valence-electron chi connectivity index (χ0n) is 20.7. The average Bonchev–Trinajstić information content (AvgIpc) is 3.20. The van der Waals surface area contributed by atoms with Crippen LogP contribution in [0.1, 0.15) is 33.3 Å². The van der Waals surface area contributed by atoms with Gasteiger partial charge in [-0.05, 0) is 37.8 Å². The number of aliphatic hydroxyl groups excluding tert-OH is 2. The van der Waals surface area contributed by atoms with Crippen molar-refractivity contribution < 1.29 is 34.5 Å². The quantitative estimate of drug-likeness (QED) is 0.179. The van der Waals surface area contributed by atoms with Gasteiger partial charge in [0.2, 0.25) is 17.7 Å². The topological polar surface area (TPSA) is 207 Å². The van der Waals surface area contributed by atoms with Gasteiger partial charge in [0.05, 0.1) is 18.2 Å². The number of aromatic amines is 1. The number of H-pyrrole nitrogens is 1. The molecule has 1 aromatic heterocycles. The molecule has 0 radical (unpaired) electrons. The molecule has 0 saturated carbocycles. The Morgan fingerprint density at radius 1 is 0.861 bits per heavy atom. The van der Waals surface area contributed by atoms with Crippen molar-refractivity contribution in [1.29, 1.82) is 0 Å². The third-order valence-electron chi connectivity index (χ3n) is 5.81. The Hall–Kier alpha value is -3.48. The molecule has 3 amide bonds. The summed E-state index contributed by atoms with van der Waals surface area (Å²) in [6.07, 6.45) is -0.863. The van der Waals surface area contributed by atoms with Crippen LogP contribution in [0.2, 0.25) is 0 Å². The third-order valence-corrected chi connectivity index (χ3v) is 5.81. The Balaban J connectivity index is 2.09. The van der Waals surface area contributed by atoms with Crippen molar-refractivity contribution in [3.63, 3.8) is 0 Å². The zero-order chi connectivity index (χ0) is 27.2. The van der Waals surface area contributed by atoms with E-state index in [1.54, 1.807) is 20.0 Å². The molecule has 1 heterocycles. The molecule has 0 aliphatic rings. The number of rotatable bonds is 12. The standard InChI is InChI=1S/C24H35N5O7/c1-11(2)18(24(35)36)27-22(33)20(13(4)31)29-23(34)19(12(3)30)28-21(32)16(25)9-14-10-26-17-8-6-5-7-15(14)17/h5-8,10-13,16,18-20,26,30-31H,9,25H2,1-4H3,(H,27,33)(H,28,32)(H,29,34)(H,35,36). The van der Waals surface area contributed by atoms with Gasteiger partial charge in [-0.25, -0.2) is 4.79 Å². The zero-order valence-corrected chi connectivity index (χ0v) is 20.7. The molecule has 1 aromatic carbocycles. The number of nitrogens with one attached hydrogen (secondary N) is 4. The van der Waals surface area contributed by atoms with E-state index in [1.165, 1.54) is 13.8 Å². The van der Waals surface area contributed by atoms with Gasteiger partial charge in [-0.1, -0.05) is 32.0 Å². The van der Waals surface area contributed by atoms with E-state index >= 15 is 0 Å². The Labute approximate surface area is 208 Å². The van der Waals surface area contributed by atoms with Crippen molar-refractivity contribution in [1.82, 2.24) is 20.9 Å². The lowest BCUT2D eigenvalue weighted by molar-refractivity contribution is -0.144.